The summed E-state index contributed by atoms with van der Waals surface area (Å²) in [5.41, 5.74) is 4.89. The first-order valence-corrected chi connectivity index (χ1v) is 5.76. The van der Waals surface area contributed by atoms with Crippen molar-refractivity contribution < 1.29 is 4.79 Å². The van der Waals surface area contributed by atoms with Crippen LogP contribution in [0.4, 0.5) is 0 Å². The number of hydrogen-bond acceptors (Lipinski definition) is 1. The third kappa shape index (κ3) is 2.44. The lowest BCUT2D eigenvalue weighted by Crippen LogP contribution is -2.04. The third-order valence-corrected chi connectivity index (χ3v) is 2.91. The van der Waals surface area contributed by atoms with E-state index < -0.39 is 0 Å². The van der Waals surface area contributed by atoms with E-state index in [2.05, 4.69) is 0 Å². The molecular weight excluding hydrogens is 208 g/mol. The summed E-state index contributed by atoms with van der Waals surface area (Å²) in [5, 5.41) is 0. The van der Waals surface area contributed by atoms with E-state index >= 15 is 0 Å². The lowest BCUT2D eigenvalue weighted by atomic mass is 9.97. The van der Waals surface area contributed by atoms with Gasteiger partial charge in [-0.3, -0.25) is 4.79 Å². The zero-order valence-electron chi connectivity index (χ0n) is 10.4. The third-order valence-electron chi connectivity index (χ3n) is 2.91. The van der Waals surface area contributed by atoms with Crippen molar-refractivity contribution in [2.75, 3.05) is 0 Å². The molecule has 0 saturated carbocycles. The topological polar surface area (TPSA) is 17.1 Å². The maximum absolute atomic E-state index is 12.3. The summed E-state index contributed by atoms with van der Waals surface area (Å²) in [4.78, 5) is 12.3. The first-order valence-electron chi connectivity index (χ1n) is 5.76. The minimum absolute atomic E-state index is 0.103. The van der Waals surface area contributed by atoms with Crippen molar-refractivity contribution in [3.05, 3.63) is 70.3 Å². The van der Waals surface area contributed by atoms with Gasteiger partial charge in [-0.25, -0.2) is 0 Å². The molecule has 0 fully saturated rings. The van der Waals surface area contributed by atoms with E-state index in [9.17, 15) is 4.79 Å². The van der Waals surface area contributed by atoms with E-state index in [4.69, 9.17) is 0 Å². The molecule has 0 N–H and O–H groups in total. The molecule has 0 aliphatic heterocycles. The molecular formula is C16H16O. The molecule has 0 bridgehead atoms. The predicted octanol–water partition coefficient (Wildman–Crippen LogP) is 3.84. The molecule has 0 aromatic heterocycles. The zero-order valence-corrected chi connectivity index (χ0v) is 10.4. The van der Waals surface area contributed by atoms with E-state index in [1.54, 1.807) is 0 Å². The highest BCUT2D eigenvalue weighted by molar-refractivity contribution is 6.09. The van der Waals surface area contributed by atoms with Crippen molar-refractivity contribution in [1.82, 2.24) is 0 Å². The second-order valence-corrected chi connectivity index (χ2v) is 4.52. The maximum atomic E-state index is 12.3. The minimum Gasteiger partial charge on any atom is -0.289 e. The summed E-state index contributed by atoms with van der Waals surface area (Å²) in [6.07, 6.45) is 0. The van der Waals surface area contributed by atoms with Crippen LogP contribution in [0, 0.1) is 20.8 Å². The van der Waals surface area contributed by atoms with E-state index in [1.165, 1.54) is 5.56 Å². The molecule has 0 aliphatic carbocycles. The Morgan fingerprint density at radius 3 is 2.24 bits per heavy atom. The van der Waals surface area contributed by atoms with Gasteiger partial charge in [0.1, 0.15) is 0 Å². The quantitative estimate of drug-likeness (QED) is 0.708. The molecule has 0 amide bonds. The van der Waals surface area contributed by atoms with Crippen LogP contribution in [0.5, 0.6) is 0 Å². The van der Waals surface area contributed by atoms with E-state index in [0.29, 0.717) is 0 Å². The number of carbonyl (C=O) groups excluding carboxylic acids is 1. The van der Waals surface area contributed by atoms with E-state index in [-0.39, 0.29) is 5.78 Å². The van der Waals surface area contributed by atoms with Gasteiger partial charge in [0.05, 0.1) is 0 Å². The number of carbonyl (C=O) groups is 1. The number of ketones is 1. The molecule has 2 aromatic rings. The van der Waals surface area contributed by atoms with Gasteiger partial charge >= 0.3 is 0 Å². The summed E-state index contributed by atoms with van der Waals surface area (Å²) in [5.74, 6) is 0.103. The van der Waals surface area contributed by atoms with Crippen LogP contribution in [0.25, 0.3) is 0 Å². The second kappa shape index (κ2) is 4.54. The van der Waals surface area contributed by atoms with Gasteiger partial charge in [0, 0.05) is 11.1 Å². The Balaban J connectivity index is 2.44. The van der Waals surface area contributed by atoms with Crippen LogP contribution in [-0.4, -0.2) is 5.78 Å². The first kappa shape index (κ1) is 11.6. The van der Waals surface area contributed by atoms with Crippen LogP contribution in [-0.2, 0) is 0 Å². The molecule has 0 unspecified atom stereocenters. The molecule has 0 heterocycles. The van der Waals surface area contributed by atoms with E-state index in [0.717, 1.165) is 22.3 Å². The Hall–Kier alpha value is -1.89. The highest BCUT2D eigenvalue weighted by atomic mass is 16.1. The van der Waals surface area contributed by atoms with Crippen molar-refractivity contribution in [3.8, 4) is 0 Å². The average molecular weight is 224 g/mol. The zero-order chi connectivity index (χ0) is 12.4. The number of rotatable bonds is 2. The number of benzene rings is 2. The van der Waals surface area contributed by atoms with Crippen molar-refractivity contribution in [3.63, 3.8) is 0 Å². The summed E-state index contributed by atoms with van der Waals surface area (Å²) in [6.45, 7) is 6.02. The Morgan fingerprint density at radius 2 is 1.59 bits per heavy atom. The standard InChI is InChI=1S/C16H16O/c1-11-5-4-6-14(10-11)16(17)15-8-7-12(2)9-13(15)3/h4-10H,1-3H3. The van der Waals surface area contributed by atoms with Crippen molar-refractivity contribution in [2.45, 2.75) is 20.8 Å². The summed E-state index contributed by atoms with van der Waals surface area (Å²) in [7, 11) is 0. The Kier molecular flexibility index (Phi) is 3.10. The molecule has 2 aromatic carbocycles. The Labute approximate surface area is 102 Å². The fourth-order valence-corrected chi connectivity index (χ4v) is 2.01. The Morgan fingerprint density at radius 1 is 0.882 bits per heavy atom. The van der Waals surface area contributed by atoms with Crippen LogP contribution in [0.2, 0.25) is 0 Å². The Bertz CT molecular complexity index is 567. The van der Waals surface area contributed by atoms with Gasteiger partial charge < -0.3 is 0 Å². The fourth-order valence-electron chi connectivity index (χ4n) is 2.01. The smallest absolute Gasteiger partial charge is 0.193 e. The monoisotopic (exact) mass is 224 g/mol. The minimum atomic E-state index is 0.103. The lowest BCUT2D eigenvalue weighted by molar-refractivity contribution is 0.103. The van der Waals surface area contributed by atoms with Crippen LogP contribution in [0.1, 0.15) is 32.6 Å². The predicted molar refractivity (Wildman–Crippen MR) is 70.5 cm³/mol. The lowest BCUT2D eigenvalue weighted by Gasteiger charge is -2.06. The highest BCUT2D eigenvalue weighted by Crippen LogP contribution is 2.16. The average Bonchev–Trinajstić information content (AvgIpc) is 2.28. The highest BCUT2D eigenvalue weighted by Gasteiger charge is 2.11. The van der Waals surface area contributed by atoms with Crippen molar-refractivity contribution in [2.24, 2.45) is 0 Å². The SMILES string of the molecule is Cc1cccc(C(=O)c2ccc(C)cc2C)c1. The van der Waals surface area contributed by atoms with Gasteiger partial charge in [0.2, 0.25) is 0 Å². The molecule has 1 nitrogen and oxygen atoms in total. The van der Waals surface area contributed by atoms with Gasteiger partial charge in [0.25, 0.3) is 0 Å². The molecule has 2 rings (SSSR count). The largest absolute Gasteiger partial charge is 0.289 e. The number of hydrogen-bond donors (Lipinski definition) is 0. The molecule has 0 atom stereocenters. The van der Waals surface area contributed by atoms with E-state index in [1.807, 2.05) is 63.2 Å². The van der Waals surface area contributed by atoms with Crippen LogP contribution >= 0.6 is 0 Å². The summed E-state index contributed by atoms with van der Waals surface area (Å²) >= 11 is 0. The van der Waals surface area contributed by atoms with Gasteiger partial charge in [-0.1, -0.05) is 47.5 Å². The van der Waals surface area contributed by atoms with Gasteiger partial charge in [-0.2, -0.15) is 0 Å². The van der Waals surface area contributed by atoms with Gasteiger partial charge in [0.15, 0.2) is 5.78 Å². The van der Waals surface area contributed by atoms with Crippen LogP contribution in [0.3, 0.4) is 0 Å². The number of aryl methyl sites for hydroxylation is 3. The summed E-state index contributed by atoms with van der Waals surface area (Å²) in [6, 6.07) is 13.7. The molecule has 0 spiro atoms. The molecule has 1 heteroatoms. The molecule has 0 saturated heterocycles. The molecule has 0 radical (unpaired) electrons. The second-order valence-electron chi connectivity index (χ2n) is 4.52. The first-order chi connectivity index (χ1) is 8.08. The van der Waals surface area contributed by atoms with Gasteiger partial charge in [-0.15, -0.1) is 0 Å². The molecule has 0 aliphatic rings. The molecule has 86 valence electrons. The normalized spacial score (nSPS) is 10.3. The van der Waals surface area contributed by atoms with Crippen molar-refractivity contribution >= 4 is 5.78 Å². The fraction of sp³-hybridized carbons (Fsp3) is 0.188. The maximum Gasteiger partial charge on any atom is 0.193 e. The van der Waals surface area contributed by atoms with Gasteiger partial charge in [-0.05, 0) is 32.4 Å². The van der Waals surface area contributed by atoms with Crippen molar-refractivity contribution in [1.29, 1.82) is 0 Å². The van der Waals surface area contributed by atoms with Crippen LogP contribution in [0.15, 0.2) is 42.5 Å². The van der Waals surface area contributed by atoms with Crippen LogP contribution < -0.4 is 0 Å². The molecule has 17 heavy (non-hydrogen) atoms. The summed E-state index contributed by atoms with van der Waals surface area (Å²) < 4.78 is 0.